The van der Waals surface area contributed by atoms with E-state index in [1.54, 1.807) is 0 Å². The van der Waals surface area contributed by atoms with Crippen LogP contribution in [-0.4, -0.2) is 18.4 Å². The van der Waals surface area contributed by atoms with Gasteiger partial charge in [0.15, 0.2) is 11.4 Å². The molecule has 1 atom stereocenters. The van der Waals surface area contributed by atoms with Gasteiger partial charge in [0.1, 0.15) is 0 Å². The minimum atomic E-state index is -4.82. The molecule has 7 heteroatoms. The van der Waals surface area contributed by atoms with E-state index < -0.39 is 23.8 Å². The quantitative estimate of drug-likeness (QED) is 0.908. The highest BCUT2D eigenvalue weighted by Gasteiger charge is 2.53. The van der Waals surface area contributed by atoms with Gasteiger partial charge in [-0.15, -0.1) is 0 Å². The average Bonchev–Trinajstić information content (AvgIpc) is 2.25. The van der Waals surface area contributed by atoms with Crippen LogP contribution < -0.4 is 4.74 Å². The van der Waals surface area contributed by atoms with Crippen LogP contribution in [0.4, 0.5) is 13.2 Å². The zero-order chi connectivity index (χ0) is 14.1. The van der Waals surface area contributed by atoms with Crippen LogP contribution in [0.15, 0.2) is 12.1 Å². The summed E-state index contributed by atoms with van der Waals surface area (Å²) in [5.41, 5.74) is -3.39. The van der Waals surface area contributed by atoms with E-state index in [1.807, 2.05) is 0 Å². The summed E-state index contributed by atoms with van der Waals surface area (Å²) in [5.74, 6) is 0.0720. The Hall–Kier alpha value is -0.650. The second-order valence-electron chi connectivity index (χ2n) is 3.68. The summed E-state index contributed by atoms with van der Waals surface area (Å²) < 4.78 is 43.4. The second-order valence-corrected chi connectivity index (χ2v) is 4.50. The number of aliphatic hydroxyl groups is 1. The Balaban J connectivity index is 3.42. The van der Waals surface area contributed by atoms with Crippen molar-refractivity contribution in [2.75, 3.05) is 7.11 Å². The monoisotopic (exact) mass is 302 g/mol. The van der Waals surface area contributed by atoms with Gasteiger partial charge in [-0.2, -0.15) is 13.2 Å². The molecule has 0 amide bonds. The fraction of sp³-hybridized carbons (Fsp3) is 0.455. The molecule has 0 fully saturated rings. The van der Waals surface area contributed by atoms with Gasteiger partial charge in [-0.25, -0.2) is 0 Å². The molecule has 0 aromatic heterocycles. The molecule has 0 aliphatic rings. The van der Waals surface area contributed by atoms with Crippen LogP contribution in [-0.2, 0) is 5.60 Å². The Morgan fingerprint density at radius 1 is 1.22 bits per heavy atom. The molecule has 0 saturated heterocycles. The molecule has 0 saturated carbocycles. The Morgan fingerprint density at radius 3 is 1.94 bits per heavy atom. The topological polar surface area (TPSA) is 29.5 Å². The highest BCUT2D eigenvalue weighted by Crippen LogP contribution is 2.45. The first kappa shape index (κ1) is 15.4. The maximum Gasteiger partial charge on any atom is 0.421 e. The lowest BCUT2D eigenvalue weighted by molar-refractivity contribution is -0.267. The summed E-state index contributed by atoms with van der Waals surface area (Å²) in [4.78, 5) is 0. The molecule has 0 spiro atoms. The summed E-state index contributed by atoms with van der Waals surface area (Å²) in [6.45, 7) is 1.22. The normalized spacial score (nSPS) is 15.3. The summed E-state index contributed by atoms with van der Waals surface area (Å²) in [5, 5.41) is 9.58. The Bertz CT molecular complexity index is 425. The van der Waals surface area contributed by atoms with Crippen molar-refractivity contribution in [3.8, 4) is 5.75 Å². The third-order valence-corrected chi connectivity index (χ3v) is 3.22. The molecule has 0 aliphatic carbocycles. The molecule has 0 radical (unpaired) electrons. The van der Waals surface area contributed by atoms with Gasteiger partial charge < -0.3 is 9.84 Å². The number of ether oxygens (including phenoxy) is 1. The lowest BCUT2D eigenvalue weighted by atomic mass is 9.90. The number of hydrogen-bond acceptors (Lipinski definition) is 2. The van der Waals surface area contributed by atoms with Gasteiger partial charge in [0.2, 0.25) is 0 Å². The van der Waals surface area contributed by atoms with Crippen LogP contribution in [0.2, 0.25) is 10.0 Å². The first-order valence-corrected chi connectivity index (χ1v) is 5.75. The molecular weight excluding hydrogens is 292 g/mol. The number of benzene rings is 1. The van der Waals surface area contributed by atoms with Gasteiger partial charge in [-0.1, -0.05) is 30.1 Å². The zero-order valence-corrected chi connectivity index (χ0v) is 11.1. The molecule has 0 aliphatic heterocycles. The van der Waals surface area contributed by atoms with E-state index in [9.17, 15) is 18.3 Å². The molecule has 0 bridgehead atoms. The maximum atomic E-state index is 12.9. The van der Waals surface area contributed by atoms with Crippen molar-refractivity contribution in [1.82, 2.24) is 0 Å². The van der Waals surface area contributed by atoms with Crippen LogP contribution >= 0.6 is 23.2 Å². The van der Waals surface area contributed by atoms with Gasteiger partial charge in [0.25, 0.3) is 0 Å². The molecule has 18 heavy (non-hydrogen) atoms. The fourth-order valence-electron chi connectivity index (χ4n) is 1.56. The third kappa shape index (κ3) is 2.53. The highest BCUT2D eigenvalue weighted by atomic mass is 35.5. The lowest BCUT2D eigenvalue weighted by Crippen LogP contribution is -2.41. The van der Waals surface area contributed by atoms with E-state index in [2.05, 4.69) is 0 Å². The van der Waals surface area contributed by atoms with E-state index in [4.69, 9.17) is 27.9 Å². The number of halogens is 5. The molecule has 1 N–H and O–H groups in total. The molecular formula is C11H11Cl2F3O2. The molecule has 1 unspecified atom stereocenters. The summed E-state index contributed by atoms with van der Waals surface area (Å²) in [6, 6.07) is 2.01. The molecule has 102 valence electrons. The number of alkyl halides is 3. The largest absolute Gasteiger partial charge is 0.494 e. The first-order valence-electron chi connectivity index (χ1n) is 5.00. The minimum absolute atomic E-state index is 0.0720. The van der Waals surface area contributed by atoms with Gasteiger partial charge in [-0.05, 0) is 24.1 Å². The van der Waals surface area contributed by atoms with E-state index in [1.165, 1.54) is 14.0 Å². The predicted octanol–water partition coefficient (Wildman–Crippen LogP) is 4.16. The Kier molecular flexibility index (Phi) is 4.41. The zero-order valence-electron chi connectivity index (χ0n) is 9.61. The fourth-order valence-corrected chi connectivity index (χ4v) is 2.20. The minimum Gasteiger partial charge on any atom is -0.494 e. The molecule has 1 rings (SSSR count). The van der Waals surface area contributed by atoms with Gasteiger partial charge >= 0.3 is 6.18 Å². The van der Waals surface area contributed by atoms with E-state index in [-0.39, 0.29) is 15.8 Å². The van der Waals surface area contributed by atoms with E-state index in [0.717, 1.165) is 12.1 Å². The van der Waals surface area contributed by atoms with Crippen molar-refractivity contribution in [2.24, 2.45) is 0 Å². The van der Waals surface area contributed by atoms with Crippen LogP contribution in [0.25, 0.3) is 0 Å². The Morgan fingerprint density at radius 2 is 1.67 bits per heavy atom. The standard InChI is InChI=1S/C11H11Cl2F3O2/c1-3-10(17,11(14,15)16)6-4-7(12)9(18-2)8(13)5-6/h4-5,17H,3H2,1-2H3. The molecule has 0 heterocycles. The SMILES string of the molecule is CCC(O)(c1cc(Cl)c(OC)c(Cl)c1)C(F)(F)F. The summed E-state index contributed by atoms with van der Waals surface area (Å²) in [6.07, 6.45) is -5.36. The van der Waals surface area contributed by atoms with Gasteiger partial charge in [0, 0.05) is 0 Å². The van der Waals surface area contributed by atoms with Gasteiger partial charge in [-0.3, -0.25) is 0 Å². The van der Waals surface area contributed by atoms with Gasteiger partial charge in [0.05, 0.1) is 17.2 Å². The summed E-state index contributed by atoms with van der Waals surface area (Å²) >= 11 is 11.5. The highest BCUT2D eigenvalue weighted by molar-refractivity contribution is 6.37. The van der Waals surface area contributed by atoms with Crippen LogP contribution in [0.3, 0.4) is 0 Å². The van der Waals surface area contributed by atoms with E-state index >= 15 is 0 Å². The second kappa shape index (κ2) is 5.15. The number of rotatable bonds is 3. The van der Waals surface area contributed by atoms with Crippen molar-refractivity contribution in [3.63, 3.8) is 0 Å². The molecule has 1 aromatic carbocycles. The van der Waals surface area contributed by atoms with Crippen molar-refractivity contribution in [3.05, 3.63) is 27.7 Å². The molecule has 1 aromatic rings. The lowest BCUT2D eigenvalue weighted by Gasteiger charge is -2.30. The Labute approximate surface area is 112 Å². The van der Waals surface area contributed by atoms with Crippen molar-refractivity contribution in [1.29, 1.82) is 0 Å². The number of hydrogen-bond donors (Lipinski definition) is 1. The average molecular weight is 303 g/mol. The molecule has 2 nitrogen and oxygen atoms in total. The van der Waals surface area contributed by atoms with E-state index in [0.29, 0.717) is 0 Å². The first-order chi connectivity index (χ1) is 8.17. The smallest absolute Gasteiger partial charge is 0.421 e. The van der Waals surface area contributed by atoms with Crippen LogP contribution in [0, 0.1) is 0 Å². The predicted molar refractivity (Wildman–Crippen MR) is 63.3 cm³/mol. The summed E-state index contributed by atoms with van der Waals surface area (Å²) in [7, 11) is 1.29. The van der Waals surface area contributed by atoms with Crippen LogP contribution in [0.5, 0.6) is 5.75 Å². The van der Waals surface area contributed by atoms with Crippen molar-refractivity contribution < 1.29 is 23.0 Å². The third-order valence-electron chi connectivity index (χ3n) is 2.66. The van der Waals surface area contributed by atoms with Crippen LogP contribution in [0.1, 0.15) is 18.9 Å². The van der Waals surface area contributed by atoms with Crippen molar-refractivity contribution >= 4 is 23.2 Å². The number of methoxy groups -OCH3 is 1. The maximum absolute atomic E-state index is 12.9. The van der Waals surface area contributed by atoms with Crippen molar-refractivity contribution in [2.45, 2.75) is 25.1 Å².